The van der Waals surface area contributed by atoms with E-state index in [0.717, 1.165) is 19.4 Å². The molecule has 0 aromatic heterocycles. The van der Waals surface area contributed by atoms with E-state index in [-0.39, 0.29) is 30.3 Å². The number of nitrogens with one attached hydrogen (secondary N) is 1. The molecule has 2 atom stereocenters. The summed E-state index contributed by atoms with van der Waals surface area (Å²) in [4.78, 5) is 11.7. The van der Waals surface area contributed by atoms with Gasteiger partial charge in [0.15, 0.2) is 0 Å². The summed E-state index contributed by atoms with van der Waals surface area (Å²) in [6, 6.07) is 9.98. The first-order valence-electron chi connectivity index (χ1n) is 5.69. The zero-order valence-corrected chi connectivity index (χ0v) is 10.7. The van der Waals surface area contributed by atoms with Crippen molar-refractivity contribution in [2.24, 2.45) is 0 Å². The molecule has 1 heterocycles. The van der Waals surface area contributed by atoms with Gasteiger partial charge in [0.05, 0.1) is 7.11 Å². The number of carbonyl (C=O) groups excluding carboxylic acids is 1. The van der Waals surface area contributed by atoms with E-state index in [1.54, 1.807) is 0 Å². The summed E-state index contributed by atoms with van der Waals surface area (Å²) in [7, 11) is 1.45. The maximum atomic E-state index is 11.7. The number of ether oxygens (including phenoxy) is 1. The molecule has 1 aliphatic rings. The first kappa shape index (κ1) is 14.0. The molecule has 3 nitrogen and oxygen atoms in total. The van der Waals surface area contributed by atoms with Crippen molar-refractivity contribution in [1.29, 1.82) is 0 Å². The van der Waals surface area contributed by atoms with Crippen molar-refractivity contribution >= 4 is 18.4 Å². The number of carbonyl (C=O) groups is 1. The summed E-state index contributed by atoms with van der Waals surface area (Å²) in [5.74, 6) is 0.0796. The quantitative estimate of drug-likeness (QED) is 0.823. The molecule has 1 saturated heterocycles. The van der Waals surface area contributed by atoms with Crippen LogP contribution in [-0.2, 0) is 9.53 Å². The summed E-state index contributed by atoms with van der Waals surface area (Å²) in [5.41, 5.74) is 1.21. The van der Waals surface area contributed by atoms with Crippen molar-refractivity contribution < 1.29 is 9.53 Å². The molecule has 2 rings (SSSR count). The molecule has 4 heteroatoms. The lowest BCUT2D eigenvalue weighted by molar-refractivity contribution is -0.144. The fourth-order valence-corrected chi connectivity index (χ4v) is 2.32. The second-order valence-corrected chi connectivity index (χ2v) is 4.11. The van der Waals surface area contributed by atoms with E-state index < -0.39 is 0 Å². The minimum absolute atomic E-state index is 0. The molecule has 94 valence electrons. The summed E-state index contributed by atoms with van der Waals surface area (Å²) in [5, 5.41) is 3.24. The lowest BCUT2D eigenvalue weighted by atomic mass is 9.85. The molecule has 17 heavy (non-hydrogen) atoms. The molecule has 0 spiro atoms. The molecule has 1 aromatic rings. The zero-order valence-electron chi connectivity index (χ0n) is 9.89. The van der Waals surface area contributed by atoms with E-state index in [9.17, 15) is 4.79 Å². The number of piperidine rings is 1. The van der Waals surface area contributed by atoms with E-state index in [1.165, 1.54) is 12.7 Å². The molecule has 0 saturated carbocycles. The summed E-state index contributed by atoms with van der Waals surface area (Å²) >= 11 is 0. The first-order chi connectivity index (χ1) is 7.83. The zero-order chi connectivity index (χ0) is 11.4. The molecule has 1 fully saturated rings. The molecule has 0 radical (unpaired) electrons. The minimum atomic E-state index is -0.193. The first-order valence-corrected chi connectivity index (χ1v) is 5.69. The third-order valence-electron chi connectivity index (χ3n) is 3.14. The molecule has 1 N–H and O–H groups in total. The maximum Gasteiger partial charge on any atom is 0.323 e. The van der Waals surface area contributed by atoms with Crippen molar-refractivity contribution in [2.45, 2.75) is 24.8 Å². The van der Waals surface area contributed by atoms with Crippen LogP contribution in [0.15, 0.2) is 30.3 Å². The topological polar surface area (TPSA) is 38.3 Å². The van der Waals surface area contributed by atoms with E-state index >= 15 is 0 Å². The molecule has 0 unspecified atom stereocenters. The number of methoxy groups -OCH3 is 1. The van der Waals surface area contributed by atoms with Crippen LogP contribution in [-0.4, -0.2) is 25.7 Å². The normalized spacial score (nSPS) is 23.6. The number of halogens is 1. The maximum absolute atomic E-state index is 11.7. The molecular weight excluding hydrogens is 238 g/mol. The van der Waals surface area contributed by atoms with Gasteiger partial charge in [-0.1, -0.05) is 30.3 Å². The smallest absolute Gasteiger partial charge is 0.323 e. The number of hydrogen-bond donors (Lipinski definition) is 1. The van der Waals surface area contributed by atoms with Crippen LogP contribution in [0.25, 0.3) is 0 Å². The van der Waals surface area contributed by atoms with Crippen molar-refractivity contribution in [2.75, 3.05) is 13.7 Å². The summed E-state index contributed by atoms with van der Waals surface area (Å²) < 4.78 is 4.84. The van der Waals surface area contributed by atoms with Gasteiger partial charge in [0, 0.05) is 5.92 Å². The lowest BCUT2D eigenvalue weighted by Crippen LogP contribution is -2.46. The van der Waals surface area contributed by atoms with E-state index in [0.29, 0.717) is 0 Å². The fourth-order valence-electron chi connectivity index (χ4n) is 2.32. The summed E-state index contributed by atoms with van der Waals surface area (Å²) in [6.07, 6.45) is 2.14. The third-order valence-corrected chi connectivity index (χ3v) is 3.14. The van der Waals surface area contributed by atoms with Gasteiger partial charge in [-0.15, -0.1) is 12.4 Å². The highest BCUT2D eigenvalue weighted by Gasteiger charge is 2.32. The van der Waals surface area contributed by atoms with Gasteiger partial charge in [-0.05, 0) is 24.9 Å². The van der Waals surface area contributed by atoms with Crippen molar-refractivity contribution in [3.05, 3.63) is 35.9 Å². The monoisotopic (exact) mass is 255 g/mol. The average molecular weight is 256 g/mol. The van der Waals surface area contributed by atoms with E-state index in [1.807, 2.05) is 18.2 Å². The highest BCUT2D eigenvalue weighted by Crippen LogP contribution is 2.28. The highest BCUT2D eigenvalue weighted by atomic mass is 35.5. The van der Waals surface area contributed by atoms with Crippen molar-refractivity contribution in [3.8, 4) is 0 Å². The van der Waals surface area contributed by atoms with Gasteiger partial charge in [-0.3, -0.25) is 4.79 Å². The predicted octanol–water partition coefficient (Wildman–Crippen LogP) is 2.12. The van der Waals surface area contributed by atoms with Crippen LogP contribution in [0, 0.1) is 0 Å². The Bertz CT molecular complexity index is 356. The third kappa shape index (κ3) is 3.20. The Morgan fingerprint density at radius 2 is 2.06 bits per heavy atom. The van der Waals surface area contributed by atoms with Gasteiger partial charge in [0.2, 0.25) is 0 Å². The number of benzene rings is 1. The van der Waals surface area contributed by atoms with Crippen LogP contribution in [0.3, 0.4) is 0 Å². The Morgan fingerprint density at radius 1 is 1.35 bits per heavy atom. The van der Waals surface area contributed by atoms with E-state index in [4.69, 9.17) is 4.74 Å². The van der Waals surface area contributed by atoms with Gasteiger partial charge in [0.1, 0.15) is 6.04 Å². The Morgan fingerprint density at radius 3 is 2.71 bits per heavy atom. The SMILES string of the molecule is COC(=O)[C@H]1NCCC[C@@H]1c1ccccc1.Cl. The Kier molecular flexibility index (Phi) is 5.45. The van der Waals surface area contributed by atoms with Gasteiger partial charge in [-0.2, -0.15) is 0 Å². The van der Waals surface area contributed by atoms with E-state index in [2.05, 4.69) is 17.4 Å². The van der Waals surface area contributed by atoms with Crippen molar-refractivity contribution in [3.63, 3.8) is 0 Å². The molecule has 1 aliphatic heterocycles. The summed E-state index contributed by atoms with van der Waals surface area (Å²) in [6.45, 7) is 0.892. The van der Waals surface area contributed by atoms with Crippen LogP contribution < -0.4 is 5.32 Å². The molecule has 0 amide bonds. The minimum Gasteiger partial charge on any atom is -0.468 e. The van der Waals surface area contributed by atoms with Gasteiger partial charge in [-0.25, -0.2) is 0 Å². The largest absolute Gasteiger partial charge is 0.468 e. The highest BCUT2D eigenvalue weighted by molar-refractivity contribution is 5.85. The standard InChI is InChI=1S/C13H17NO2.ClH/c1-16-13(15)12-11(8-5-9-14-12)10-6-3-2-4-7-10;/h2-4,6-7,11-12,14H,5,8-9H2,1H3;1H/t11-,12+;/m1./s1. The Hall–Kier alpha value is -1.06. The lowest BCUT2D eigenvalue weighted by Gasteiger charge is -2.30. The average Bonchev–Trinajstić information content (AvgIpc) is 2.39. The van der Waals surface area contributed by atoms with Crippen molar-refractivity contribution in [1.82, 2.24) is 5.32 Å². The fraction of sp³-hybridized carbons (Fsp3) is 0.462. The van der Waals surface area contributed by atoms with Crippen LogP contribution in [0.5, 0.6) is 0 Å². The predicted molar refractivity (Wildman–Crippen MR) is 69.5 cm³/mol. The van der Waals surface area contributed by atoms with Crippen LogP contribution in [0.2, 0.25) is 0 Å². The van der Waals surface area contributed by atoms with Gasteiger partial charge < -0.3 is 10.1 Å². The Labute approximate surface area is 108 Å². The second-order valence-electron chi connectivity index (χ2n) is 4.11. The van der Waals surface area contributed by atoms with Crippen LogP contribution >= 0.6 is 12.4 Å². The molecule has 1 aromatic carbocycles. The molecule has 0 bridgehead atoms. The number of hydrogen-bond acceptors (Lipinski definition) is 3. The number of rotatable bonds is 2. The van der Waals surface area contributed by atoms with Crippen LogP contribution in [0.4, 0.5) is 0 Å². The van der Waals surface area contributed by atoms with Gasteiger partial charge >= 0.3 is 5.97 Å². The molecular formula is C13H18ClNO2. The van der Waals surface area contributed by atoms with Gasteiger partial charge in [0.25, 0.3) is 0 Å². The second kappa shape index (κ2) is 6.62. The molecule has 0 aliphatic carbocycles. The van der Waals surface area contributed by atoms with Crippen LogP contribution in [0.1, 0.15) is 24.3 Å². The number of esters is 1. The Balaban J connectivity index is 0.00000144.